The van der Waals surface area contributed by atoms with E-state index >= 15 is 0 Å². The highest BCUT2D eigenvalue weighted by atomic mass is 19.1. The number of nitrogens with zero attached hydrogens (tertiary/aromatic N) is 1. The average Bonchev–Trinajstić information content (AvgIpc) is 2.56. The Balaban J connectivity index is 1.82. The van der Waals surface area contributed by atoms with Gasteiger partial charge in [0.1, 0.15) is 17.4 Å². The first-order valence-electron chi connectivity index (χ1n) is 8.08. The van der Waals surface area contributed by atoms with Crippen molar-refractivity contribution in [2.75, 3.05) is 7.05 Å². The zero-order valence-electron chi connectivity index (χ0n) is 14.3. The van der Waals surface area contributed by atoms with E-state index in [-0.39, 0.29) is 29.9 Å². The van der Waals surface area contributed by atoms with Crippen LogP contribution < -0.4 is 5.32 Å². The van der Waals surface area contributed by atoms with Gasteiger partial charge in [0.25, 0.3) is 0 Å². The van der Waals surface area contributed by atoms with Crippen molar-refractivity contribution in [2.45, 2.75) is 32.4 Å². The number of aryl methyl sites for hydroxylation is 1. The number of urea groups is 1. The molecule has 0 aliphatic heterocycles. The molecule has 2 aromatic rings. The fourth-order valence-corrected chi connectivity index (χ4v) is 2.42. The Labute approximate surface area is 146 Å². The van der Waals surface area contributed by atoms with E-state index in [1.807, 2.05) is 19.1 Å². The molecule has 4 nitrogen and oxygen atoms in total. The number of carbonyl (C=O) groups is 1. The second kappa shape index (κ2) is 8.46. The van der Waals surface area contributed by atoms with Crippen LogP contribution in [0.4, 0.5) is 13.6 Å². The number of hydrogen-bond donors (Lipinski definition) is 2. The number of rotatable bonds is 6. The molecule has 0 spiro atoms. The van der Waals surface area contributed by atoms with E-state index in [1.54, 1.807) is 19.2 Å². The molecule has 134 valence electrons. The molecule has 0 saturated heterocycles. The van der Waals surface area contributed by atoms with Crippen molar-refractivity contribution in [3.8, 4) is 5.75 Å². The Morgan fingerprint density at radius 1 is 1.20 bits per heavy atom. The second-order valence-electron chi connectivity index (χ2n) is 6.15. The van der Waals surface area contributed by atoms with Crippen LogP contribution in [-0.2, 0) is 13.0 Å². The van der Waals surface area contributed by atoms with Crippen molar-refractivity contribution >= 4 is 6.03 Å². The third kappa shape index (κ3) is 5.74. The molecule has 0 aliphatic carbocycles. The summed E-state index contributed by atoms with van der Waals surface area (Å²) in [4.78, 5) is 13.5. The molecular weight excluding hydrogens is 326 g/mol. The highest BCUT2D eigenvalue weighted by molar-refractivity contribution is 5.74. The smallest absolute Gasteiger partial charge is 0.317 e. The van der Waals surface area contributed by atoms with Crippen molar-refractivity contribution < 1.29 is 18.7 Å². The van der Waals surface area contributed by atoms with E-state index in [9.17, 15) is 18.7 Å². The van der Waals surface area contributed by atoms with Crippen LogP contribution in [0.2, 0.25) is 0 Å². The van der Waals surface area contributed by atoms with Gasteiger partial charge in [-0.05, 0) is 43.5 Å². The molecule has 0 bridgehead atoms. The third-order valence-corrected chi connectivity index (χ3v) is 3.94. The van der Waals surface area contributed by atoms with Crippen molar-refractivity contribution in [3.05, 3.63) is 65.2 Å². The Kier molecular flexibility index (Phi) is 6.33. The summed E-state index contributed by atoms with van der Waals surface area (Å²) in [5.41, 5.74) is 1.33. The maximum atomic E-state index is 13.7. The fourth-order valence-electron chi connectivity index (χ4n) is 2.42. The van der Waals surface area contributed by atoms with Gasteiger partial charge in [-0.3, -0.25) is 0 Å². The lowest BCUT2D eigenvalue weighted by atomic mass is 10.1. The van der Waals surface area contributed by atoms with Crippen LogP contribution >= 0.6 is 0 Å². The molecule has 0 heterocycles. The van der Waals surface area contributed by atoms with Gasteiger partial charge in [0.05, 0.1) is 0 Å². The van der Waals surface area contributed by atoms with E-state index in [2.05, 4.69) is 5.32 Å². The van der Waals surface area contributed by atoms with Gasteiger partial charge in [0, 0.05) is 31.3 Å². The number of phenols is 1. The minimum absolute atomic E-state index is 0.0582. The molecular formula is C19H22F2N2O2. The summed E-state index contributed by atoms with van der Waals surface area (Å²) in [5, 5.41) is 12.1. The number of amides is 2. The van der Waals surface area contributed by atoms with Crippen LogP contribution in [0.15, 0.2) is 42.5 Å². The number of halogens is 2. The Hall–Kier alpha value is -2.63. The molecule has 2 N–H and O–H groups in total. The molecule has 6 heteroatoms. The first-order valence-corrected chi connectivity index (χ1v) is 8.08. The maximum absolute atomic E-state index is 13.7. The third-order valence-electron chi connectivity index (χ3n) is 3.94. The minimum Gasteiger partial charge on any atom is -0.508 e. The highest BCUT2D eigenvalue weighted by Gasteiger charge is 2.14. The Bertz CT molecular complexity index is 720. The minimum atomic E-state index is -0.667. The molecule has 0 fully saturated rings. The summed E-state index contributed by atoms with van der Waals surface area (Å²) in [6, 6.07) is 9.87. The normalized spacial score (nSPS) is 11.8. The molecule has 0 aliphatic rings. The van der Waals surface area contributed by atoms with Gasteiger partial charge in [0.2, 0.25) is 0 Å². The Morgan fingerprint density at radius 3 is 2.52 bits per heavy atom. The SMILES string of the molecule is CC(CCc1ccc(O)cc1)NC(=O)N(C)Cc1ccc(F)cc1F. The van der Waals surface area contributed by atoms with Crippen molar-refractivity contribution in [3.63, 3.8) is 0 Å². The summed E-state index contributed by atoms with van der Waals surface area (Å²) < 4.78 is 26.6. The second-order valence-corrected chi connectivity index (χ2v) is 6.15. The summed E-state index contributed by atoms with van der Waals surface area (Å²) in [7, 11) is 1.56. The van der Waals surface area contributed by atoms with Crippen molar-refractivity contribution in [1.29, 1.82) is 0 Å². The average molecular weight is 348 g/mol. The zero-order valence-corrected chi connectivity index (χ0v) is 14.3. The van der Waals surface area contributed by atoms with Crippen LogP contribution in [0.3, 0.4) is 0 Å². The lowest BCUT2D eigenvalue weighted by Gasteiger charge is -2.21. The van der Waals surface area contributed by atoms with Gasteiger partial charge in [-0.1, -0.05) is 18.2 Å². The number of carbonyl (C=O) groups excluding carboxylic acids is 1. The topological polar surface area (TPSA) is 52.6 Å². The van der Waals surface area contributed by atoms with Gasteiger partial charge in [-0.25, -0.2) is 13.6 Å². The first kappa shape index (κ1) is 18.7. The van der Waals surface area contributed by atoms with E-state index in [4.69, 9.17) is 0 Å². The number of nitrogens with one attached hydrogen (secondary N) is 1. The maximum Gasteiger partial charge on any atom is 0.317 e. The predicted molar refractivity (Wildman–Crippen MR) is 92.2 cm³/mol. The molecule has 2 rings (SSSR count). The largest absolute Gasteiger partial charge is 0.508 e. The molecule has 0 saturated carbocycles. The predicted octanol–water partition coefficient (Wildman–Crippen LogP) is 3.83. The van der Waals surface area contributed by atoms with Crippen LogP contribution in [-0.4, -0.2) is 29.1 Å². The van der Waals surface area contributed by atoms with Gasteiger partial charge in [0.15, 0.2) is 0 Å². The zero-order chi connectivity index (χ0) is 18.4. The fraction of sp³-hybridized carbons (Fsp3) is 0.316. The van der Waals surface area contributed by atoms with Crippen molar-refractivity contribution in [1.82, 2.24) is 10.2 Å². The first-order chi connectivity index (χ1) is 11.8. The molecule has 25 heavy (non-hydrogen) atoms. The molecule has 1 unspecified atom stereocenters. The van der Waals surface area contributed by atoms with Crippen molar-refractivity contribution in [2.24, 2.45) is 0 Å². The molecule has 2 amide bonds. The number of phenolic OH excluding ortho intramolecular Hbond substituents is 1. The van der Waals surface area contributed by atoms with Crippen LogP contribution in [0.1, 0.15) is 24.5 Å². The monoisotopic (exact) mass is 348 g/mol. The lowest BCUT2D eigenvalue weighted by molar-refractivity contribution is 0.202. The molecule has 2 aromatic carbocycles. The van der Waals surface area contributed by atoms with E-state index < -0.39 is 11.6 Å². The summed E-state index contributed by atoms with van der Waals surface area (Å²) >= 11 is 0. The standard InChI is InChI=1S/C19H22F2N2O2/c1-13(3-4-14-5-9-17(24)10-6-14)22-19(25)23(2)12-15-7-8-16(20)11-18(15)21/h5-11,13,24H,3-4,12H2,1-2H3,(H,22,25). The van der Waals surface area contributed by atoms with Gasteiger partial charge >= 0.3 is 6.03 Å². The van der Waals surface area contributed by atoms with Crippen LogP contribution in [0.25, 0.3) is 0 Å². The molecule has 1 atom stereocenters. The quantitative estimate of drug-likeness (QED) is 0.833. The van der Waals surface area contributed by atoms with Crippen LogP contribution in [0.5, 0.6) is 5.75 Å². The number of hydrogen-bond acceptors (Lipinski definition) is 2. The molecule has 0 radical (unpaired) electrons. The highest BCUT2D eigenvalue weighted by Crippen LogP contribution is 2.13. The molecule has 0 aromatic heterocycles. The Morgan fingerprint density at radius 2 is 1.88 bits per heavy atom. The van der Waals surface area contributed by atoms with Gasteiger partial charge in [-0.15, -0.1) is 0 Å². The summed E-state index contributed by atoms with van der Waals surface area (Å²) in [6.07, 6.45) is 1.49. The van der Waals surface area contributed by atoms with E-state index in [1.165, 1.54) is 17.0 Å². The number of benzene rings is 2. The number of aromatic hydroxyl groups is 1. The summed E-state index contributed by atoms with van der Waals surface area (Å²) in [6.45, 7) is 1.95. The summed E-state index contributed by atoms with van der Waals surface area (Å²) in [5.74, 6) is -1.09. The van der Waals surface area contributed by atoms with Gasteiger partial charge in [-0.2, -0.15) is 0 Å². The lowest BCUT2D eigenvalue weighted by Crippen LogP contribution is -2.41. The van der Waals surface area contributed by atoms with Crippen LogP contribution in [0, 0.1) is 11.6 Å². The van der Waals surface area contributed by atoms with Gasteiger partial charge < -0.3 is 15.3 Å². The van der Waals surface area contributed by atoms with E-state index in [0.29, 0.717) is 0 Å². The van der Waals surface area contributed by atoms with E-state index in [0.717, 1.165) is 24.5 Å².